The molecule has 0 saturated carbocycles. The second-order valence-corrected chi connectivity index (χ2v) is 6.35. The predicted molar refractivity (Wildman–Crippen MR) is 70.7 cm³/mol. The van der Waals surface area contributed by atoms with Gasteiger partial charge in [0, 0.05) is 18.8 Å². The summed E-state index contributed by atoms with van der Waals surface area (Å²) in [5, 5.41) is -0.300. The van der Waals surface area contributed by atoms with Crippen LogP contribution in [0, 0.1) is 0 Å². The fourth-order valence-electron chi connectivity index (χ4n) is 1.52. The van der Waals surface area contributed by atoms with E-state index >= 15 is 0 Å². The molecule has 0 aliphatic carbocycles. The first kappa shape index (κ1) is 15.1. The molecule has 1 rings (SSSR count). The summed E-state index contributed by atoms with van der Waals surface area (Å²) in [4.78, 5) is 25.1. The van der Waals surface area contributed by atoms with E-state index in [2.05, 4.69) is 0 Å². The number of nitrogens with zero attached hydrogens (tertiary/aromatic N) is 1. The molecule has 6 heteroatoms. The van der Waals surface area contributed by atoms with E-state index in [9.17, 15) is 9.59 Å². The van der Waals surface area contributed by atoms with E-state index < -0.39 is 5.60 Å². The third-order valence-electron chi connectivity index (χ3n) is 2.27. The summed E-state index contributed by atoms with van der Waals surface area (Å²) in [7, 11) is 0. The smallest absolute Gasteiger partial charge is 0.410 e. The monoisotopic (exact) mass is 275 g/mol. The van der Waals surface area contributed by atoms with Crippen LogP contribution in [0.25, 0.3) is 0 Å². The highest BCUT2D eigenvalue weighted by Gasteiger charge is 2.32. The van der Waals surface area contributed by atoms with E-state index in [-0.39, 0.29) is 17.3 Å². The van der Waals surface area contributed by atoms with Crippen molar-refractivity contribution < 1.29 is 19.1 Å². The minimum atomic E-state index is -0.513. The lowest BCUT2D eigenvalue weighted by Crippen LogP contribution is -2.46. The van der Waals surface area contributed by atoms with E-state index in [1.165, 1.54) is 11.8 Å². The van der Waals surface area contributed by atoms with Gasteiger partial charge in [0.2, 0.25) is 0 Å². The minimum Gasteiger partial charge on any atom is -0.465 e. The summed E-state index contributed by atoms with van der Waals surface area (Å²) in [5.74, 6) is 0.471. The van der Waals surface area contributed by atoms with Crippen molar-refractivity contribution in [2.45, 2.75) is 38.5 Å². The zero-order valence-corrected chi connectivity index (χ0v) is 12.2. The van der Waals surface area contributed by atoms with Gasteiger partial charge < -0.3 is 14.4 Å². The third kappa shape index (κ3) is 4.76. The molecule has 0 aromatic rings. The van der Waals surface area contributed by atoms with Gasteiger partial charge in [0.15, 0.2) is 0 Å². The maximum absolute atomic E-state index is 11.9. The molecule has 0 unspecified atom stereocenters. The molecule has 1 aliphatic heterocycles. The van der Waals surface area contributed by atoms with Gasteiger partial charge in [-0.15, -0.1) is 11.8 Å². The standard InChI is InChI=1S/C12H21NO4S/c1-5-16-10(14)9-8-13(6-7-18-9)11(15)17-12(2,3)4/h9H,5-8H2,1-4H3/t9-/m1/s1. The maximum Gasteiger partial charge on any atom is 0.410 e. The molecule has 104 valence electrons. The van der Waals surface area contributed by atoms with Crippen LogP contribution in [0.2, 0.25) is 0 Å². The molecule has 18 heavy (non-hydrogen) atoms. The number of ether oxygens (including phenoxy) is 2. The maximum atomic E-state index is 11.9. The van der Waals surface area contributed by atoms with Gasteiger partial charge in [-0.25, -0.2) is 4.79 Å². The van der Waals surface area contributed by atoms with Gasteiger partial charge in [0.25, 0.3) is 0 Å². The summed E-state index contributed by atoms with van der Waals surface area (Å²) in [6.07, 6.45) is -0.364. The summed E-state index contributed by atoms with van der Waals surface area (Å²) < 4.78 is 10.3. The second kappa shape index (κ2) is 6.31. The molecule has 1 amide bonds. The molecule has 1 heterocycles. The highest BCUT2D eigenvalue weighted by molar-refractivity contribution is 8.00. The molecule has 1 fully saturated rings. The Balaban J connectivity index is 2.53. The fraction of sp³-hybridized carbons (Fsp3) is 0.833. The van der Waals surface area contributed by atoms with E-state index in [4.69, 9.17) is 9.47 Å². The number of hydrogen-bond donors (Lipinski definition) is 0. The molecule has 1 saturated heterocycles. The van der Waals surface area contributed by atoms with Crippen molar-refractivity contribution in [2.75, 3.05) is 25.4 Å². The van der Waals surface area contributed by atoms with Crippen LogP contribution in [0.15, 0.2) is 0 Å². The Bertz CT molecular complexity index is 314. The highest BCUT2D eigenvalue weighted by Crippen LogP contribution is 2.21. The van der Waals surface area contributed by atoms with Gasteiger partial charge in [0.1, 0.15) is 10.9 Å². The van der Waals surface area contributed by atoms with Crippen molar-refractivity contribution in [1.82, 2.24) is 4.90 Å². The summed E-state index contributed by atoms with van der Waals surface area (Å²) in [5.41, 5.74) is -0.513. The van der Waals surface area contributed by atoms with Gasteiger partial charge in [-0.05, 0) is 27.7 Å². The zero-order chi connectivity index (χ0) is 13.8. The lowest BCUT2D eigenvalue weighted by atomic mass is 10.2. The van der Waals surface area contributed by atoms with Crippen LogP contribution in [0.3, 0.4) is 0 Å². The first-order valence-electron chi connectivity index (χ1n) is 6.09. The van der Waals surface area contributed by atoms with E-state index in [0.29, 0.717) is 19.7 Å². The first-order chi connectivity index (χ1) is 8.33. The van der Waals surface area contributed by atoms with Crippen molar-refractivity contribution in [3.8, 4) is 0 Å². The van der Waals surface area contributed by atoms with Crippen molar-refractivity contribution in [3.63, 3.8) is 0 Å². The molecule has 0 spiro atoms. The molecular weight excluding hydrogens is 254 g/mol. The van der Waals surface area contributed by atoms with Crippen LogP contribution in [-0.2, 0) is 14.3 Å². The van der Waals surface area contributed by atoms with E-state index in [1.54, 1.807) is 11.8 Å². The summed E-state index contributed by atoms with van der Waals surface area (Å²) >= 11 is 1.53. The lowest BCUT2D eigenvalue weighted by molar-refractivity contribution is -0.142. The third-order valence-corrected chi connectivity index (χ3v) is 3.43. The summed E-state index contributed by atoms with van der Waals surface area (Å²) in [6.45, 7) is 8.58. The quantitative estimate of drug-likeness (QED) is 0.720. The number of thioether (sulfide) groups is 1. The molecule has 0 aromatic heterocycles. The van der Waals surface area contributed by atoms with Crippen LogP contribution >= 0.6 is 11.8 Å². The van der Waals surface area contributed by atoms with E-state index in [0.717, 1.165) is 5.75 Å². The molecule has 0 aromatic carbocycles. The molecule has 0 bridgehead atoms. The Labute approximate surface area is 112 Å². The number of carbonyl (C=O) groups excluding carboxylic acids is 2. The lowest BCUT2D eigenvalue weighted by Gasteiger charge is -2.32. The average Bonchev–Trinajstić information content (AvgIpc) is 2.27. The summed E-state index contributed by atoms with van der Waals surface area (Å²) in [6, 6.07) is 0. The van der Waals surface area contributed by atoms with Crippen LogP contribution < -0.4 is 0 Å². The highest BCUT2D eigenvalue weighted by atomic mass is 32.2. The van der Waals surface area contributed by atoms with Crippen LogP contribution in [0.1, 0.15) is 27.7 Å². The largest absolute Gasteiger partial charge is 0.465 e. The molecule has 1 aliphatic rings. The predicted octanol–water partition coefficient (Wildman–Crippen LogP) is 1.90. The van der Waals surface area contributed by atoms with Gasteiger partial charge in [-0.3, -0.25) is 4.79 Å². The molecule has 1 atom stereocenters. The number of esters is 1. The Hall–Kier alpha value is -0.910. The molecular formula is C12H21NO4S. The molecule has 0 N–H and O–H groups in total. The van der Waals surface area contributed by atoms with Gasteiger partial charge in [-0.1, -0.05) is 0 Å². The topological polar surface area (TPSA) is 55.8 Å². The van der Waals surface area contributed by atoms with Crippen LogP contribution in [-0.4, -0.2) is 53.3 Å². The van der Waals surface area contributed by atoms with Gasteiger partial charge >= 0.3 is 12.1 Å². The Morgan fingerprint density at radius 3 is 2.61 bits per heavy atom. The van der Waals surface area contributed by atoms with Crippen molar-refractivity contribution in [1.29, 1.82) is 0 Å². The fourth-order valence-corrected chi connectivity index (χ4v) is 2.62. The number of carbonyl (C=O) groups is 2. The van der Waals surface area contributed by atoms with Gasteiger partial charge in [-0.2, -0.15) is 0 Å². The first-order valence-corrected chi connectivity index (χ1v) is 7.14. The van der Waals surface area contributed by atoms with Crippen LogP contribution in [0.4, 0.5) is 4.79 Å². The number of rotatable bonds is 2. The Morgan fingerprint density at radius 2 is 2.06 bits per heavy atom. The van der Waals surface area contributed by atoms with Crippen LogP contribution in [0.5, 0.6) is 0 Å². The molecule has 5 nitrogen and oxygen atoms in total. The SMILES string of the molecule is CCOC(=O)[C@H]1CN(C(=O)OC(C)(C)C)CCS1. The average molecular weight is 275 g/mol. The van der Waals surface area contributed by atoms with Crippen molar-refractivity contribution in [2.24, 2.45) is 0 Å². The number of amides is 1. The molecule has 0 radical (unpaired) electrons. The van der Waals surface area contributed by atoms with Crippen molar-refractivity contribution in [3.05, 3.63) is 0 Å². The Kier molecular flexibility index (Phi) is 5.31. The number of hydrogen-bond acceptors (Lipinski definition) is 5. The minimum absolute atomic E-state index is 0.254. The zero-order valence-electron chi connectivity index (χ0n) is 11.4. The van der Waals surface area contributed by atoms with E-state index in [1.807, 2.05) is 20.8 Å². The van der Waals surface area contributed by atoms with Gasteiger partial charge in [0.05, 0.1) is 6.61 Å². The normalized spacial score (nSPS) is 20.4. The van der Waals surface area contributed by atoms with Crippen molar-refractivity contribution >= 4 is 23.8 Å². The Morgan fingerprint density at radius 1 is 1.39 bits per heavy atom. The second-order valence-electron chi connectivity index (χ2n) is 5.04.